The summed E-state index contributed by atoms with van der Waals surface area (Å²) in [5.74, 6) is -3.97. The molecule has 2 fully saturated rings. The predicted octanol–water partition coefficient (Wildman–Crippen LogP) is -2.33. The Morgan fingerprint density at radius 1 is 0.620 bits per heavy atom. The Morgan fingerprint density at radius 3 is 1.48 bits per heavy atom. The topological polar surface area (TPSA) is 241 Å². The third kappa shape index (κ3) is 18.2. The molecule has 0 aliphatic carbocycles. The van der Waals surface area contributed by atoms with E-state index in [0.717, 1.165) is 19.3 Å². The van der Waals surface area contributed by atoms with Gasteiger partial charge in [0.1, 0.15) is 12.1 Å². The fraction of sp³-hybridized carbons (Fsp3) is 0.781. The van der Waals surface area contributed by atoms with Crippen LogP contribution in [-0.4, -0.2) is 180 Å². The summed E-state index contributed by atoms with van der Waals surface area (Å²) in [6.45, 7) is 6.50. The maximum absolute atomic E-state index is 12.9. The SMILES string of the molecule is CC(C)CCCCNC(=O)C[C@H]1NC(=O)[C@@H](CCCNC(=O)CN2CCN(CC(=O)O)CCN(CC(=O)O)CCN(CC(=O)O)CC2)NC1=O. The molecule has 18 heteroatoms. The van der Waals surface area contributed by atoms with Crippen LogP contribution in [-0.2, 0) is 33.6 Å². The number of carboxylic acids is 3. The van der Waals surface area contributed by atoms with Crippen molar-refractivity contribution in [3.63, 3.8) is 0 Å². The van der Waals surface area contributed by atoms with E-state index in [2.05, 4.69) is 35.1 Å². The Hall–Kier alpha value is -3.87. The van der Waals surface area contributed by atoms with Gasteiger partial charge >= 0.3 is 17.9 Å². The quantitative estimate of drug-likeness (QED) is 0.0696. The van der Waals surface area contributed by atoms with Gasteiger partial charge in [0, 0.05) is 65.4 Å². The highest BCUT2D eigenvalue weighted by Crippen LogP contribution is 2.08. The number of unbranched alkanes of at least 4 members (excludes halogenated alkanes) is 1. The second-order valence-corrected chi connectivity index (χ2v) is 13.3. The van der Waals surface area contributed by atoms with Crippen molar-refractivity contribution in [2.24, 2.45) is 5.92 Å². The van der Waals surface area contributed by atoms with Gasteiger partial charge in [0.2, 0.25) is 23.6 Å². The monoisotopic (exact) mass is 712 g/mol. The van der Waals surface area contributed by atoms with Crippen LogP contribution in [0.15, 0.2) is 0 Å². The standard InChI is InChI=1S/C32H56N8O10/c1-23(2)6-3-4-8-33-26(41)18-25-32(50)35-24(31(49)36-25)7-5-9-34-27(42)19-37-10-12-38(20-28(43)44)14-16-40(22-30(47)48)17-15-39(13-11-37)21-29(45)46/h23-25H,3-22H2,1-2H3,(H,33,41)(H,34,42)(H,35,50)(H,36,49)(H,43,44)(H,45,46)(H,47,48)/t24-,25-/m1/s1. The van der Waals surface area contributed by atoms with Gasteiger partial charge in [-0.1, -0.05) is 26.7 Å². The molecule has 2 rings (SSSR count). The lowest BCUT2D eigenvalue weighted by molar-refractivity contribution is -0.140. The number of piperazine rings is 1. The van der Waals surface area contributed by atoms with Gasteiger partial charge in [0.15, 0.2) is 0 Å². The zero-order valence-electron chi connectivity index (χ0n) is 29.4. The van der Waals surface area contributed by atoms with Crippen molar-refractivity contribution in [3.05, 3.63) is 0 Å². The lowest BCUT2D eigenvalue weighted by Crippen LogP contribution is -2.62. The van der Waals surface area contributed by atoms with Crippen LogP contribution in [0, 0.1) is 5.92 Å². The zero-order valence-corrected chi connectivity index (χ0v) is 29.4. The molecule has 2 heterocycles. The van der Waals surface area contributed by atoms with E-state index in [1.165, 1.54) is 0 Å². The molecule has 4 amide bonds. The van der Waals surface area contributed by atoms with E-state index in [4.69, 9.17) is 0 Å². The molecule has 2 aliphatic heterocycles. The summed E-state index contributed by atoms with van der Waals surface area (Å²) in [4.78, 5) is 91.5. The van der Waals surface area contributed by atoms with E-state index < -0.39 is 41.8 Å². The fourth-order valence-corrected chi connectivity index (χ4v) is 5.76. The Balaban J connectivity index is 1.84. The number of carboxylic acid groups (broad SMARTS) is 3. The molecule has 18 nitrogen and oxygen atoms in total. The zero-order chi connectivity index (χ0) is 37.1. The Labute approximate surface area is 293 Å². The number of rotatable bonds is 19. The van der Waals surface area contributed by atoms with Gasteiger partial charge in [-0.25, -0.2) is 0 Å². The van der Waals surface area contributed by atoms with E-state index in [9.17, 15) is 48.9 Å². The Kier molecular flexibility index (Phi) is 19.3. The third-order valence-electron chi connectivity index (χ3n) is 8.55. The smallest absolute Gasteiger partial charge is 0.317 e. The summed E-state index contributed by atoms with van der Waals surface area (Å²) in [6.07, 6.45) is 3.42. The maximum atomic E-state index is 12.9. The van der Waals surface area contributed by atoms with Crippen molar-refractivity contribution in [2.45, 2.75) is 64.5 Å². The van der Waals surface area contributed by atoms with Crippen LogP contribution in [0.25, 0.3) is 0 Å². The summed E-state index contributed by atoms with van der Waals surface area (Å²) >= 11 is 0. The lowest BCUT2D eigenvalue weighted by Gasteiger charge is -2.32. The maximum Gasteiger partial charge on any atom is 0.317 e. The molecule has 0 spiro atoms. The highest BCUT2D eigenvalue weighted by atomic mass is 16.4. The first-order chi connectivity index (χ1) is 23.7. The van der Waals surface area contributed by atoms with Crippen LogP contribution in [0.2, 0.25) is 0 Å². The Bertz CT molecular complexity index is 1120. The van der Waals surface area contributed by atoms with Crippen molar-refractivity contribution in [2.75, 3.05) is 91.6 Å². The molecule has 2 atom stereocenters. The molecule has 7 N–H and O–H groups in total. The molecular formula is C32H56N8O10. The molecule has 2 aliphatic rings. The average molecular weight is 713 g/mol. The minimum absolute atomic E-state index is 0.0327. The summed E-state index contributed by atoms with van der Waals surface area (Å²) in [5.41, 5.74) is 0. The molecule has 0 aromatic rings. The third-order valence-corrected chi connectivity index (χ3v) is 8.55. The number of aliphatic carboxylic acids is 3. The fourth-order valence-electron chi connectivity index (χ4n) is 5.76. The van der Waals surface area contributed by atoms with Crippen molar-refractivity contribution < 1.29 is 48.9 Å². The highest BCUT2D eigenvalue weighted by Gasteiger charge is 2.34. The second kappa shape index (κ2) is 22.8. The second-order valence-electron chi connectivity index (χ2n) is 13.3. The minimum atomic E-state index is -1.04. The van der Waals surface area contributed by atoms with Gasteiger partial charge in [-0.3, -0.25) is 53.2 Å². The van der Waals surface area contributed by atoms with E-state index in [0.29, 0.717) is 32.0 Å². The van der Waals surface area contributed by atoms with Gasteiger partial charge < -0.3 is 36.6 Å². The summed E-state index contributed by atoms with van der Waals surface area (Å²) in [5, 5.41) is 39.0. The number of hydrogen-bond donors (Lipinski definition) is 7. The van der Waals surface area contributed by atoms with Crippen LogP contribution >= 0.6 is 0 Å². The van der Waals surface area contributed by atoms with Gasteiger partial charge in [-0.05, 0) is 25.2 Å². The van der Waals surface area contributed by atoms with Crippen molar-refractivity contribution in [1.82, 2.24) is 40.9 Å². The van der Waals surface area contributed by atoms with Gasteiger partial charge in [0.05, 0.1) is 32.6 Å². The van der Waals surface area contributed by atoms with Gasteiger partial charge in [-0.15, -0.1) is 0 Å². The predicted molar refractivity (Wildman–Crippen MR) is 181 cm³/mol. The van der Waals surface area contributed by atoms with Crippen LogP contribution in [0.5, 0.6) is 0 Å². The normalized spacial score (nSPS) is 20.6. The number of hydrogen-bond acceptors (Lipinski definition) is 11. The van der Waals surface area contributed by atoms with Crippen LogP contribution in [0.1, 0.15) is 52.4 Å². The summed E-state index contributed by atoms with van der Waals surface area (Å²) < 4.78 is 0. The number of carbonyl (C=O) groups excluding carboxylic acids is 4. The average Bonchev–Trinajstić information content (AvgIpc) is 3.01. The van der Waals surface area contributed by atoms with Crippen LogP contribution < -0.4 is 21.3 Å². The van der Waals surface area contributed by atoms with E-state index in [-0.39, 0.29) is 96.6 Å². The van der Waals surface area contributed by atoms with E-state index >= 15 is 0 Å². The molecule has 0 saturated carbocycles. The molecular weight excluding hydrogens is 656 g/mol. The highest BCUT2D eigenvalue weighted by molar-refractivity contribution is 5.99. The van der Waals surface area contributed by atoms with Crippen molar-refractivity contribution >= 4 is 41.5 Å². The molecule has 0 bridgehead atoms. The van der Waals surface area contributed by atoms with Crippen molar-refractivity contribution in [1.29, 1.82) is 0 Å². The summed E-state index contributed by atoms with van der Waals surface area (Å²) in [7, 11) is 0. The van der Waals surface area contributed by atoms with Crippen LogP contribution in [0.3, 0.4) is 0 Å². The number of nitrogens with one attached hydrogen (secondary N) is 4. The minimum Gasteiger partial charge on any atom is -0.480 e. The number of carbonyl (C=O) groups is 7. The first-order valence-electron chi connectivity index (χ1n) is 17.4. The van der Waals surface area contributed by atoms with Gasteiger partial charge in [-0.2, -0.15) is 0 Å². The lowest BCUT2D eigenvalue weighted by atomic mass is 10.0. The largest absolute Gasteiger partial charge is 0.480 e. The molecule has 50 heavy (non-hydrogen) atoms. The molecule has 0 unspecified atom stereocenters. The molecule has 0 aromatic carbocycles. The first kappa shape index (κ1) is 42.3. The molecule has 0 aromatic heterocycles. The molecule has 284 valence electrons. The molecule has 0 radical (unpaired) electrons. The number of amides is 4. The summed E-state index contributed by atoms with van der Waals surface area (Å²) in [6, 6.07) is -1.74. The Morgan fingerprint density at radius 2 is 1.02 bits per heavy atom. The molecule has 2 saturated heterocycles. The van der Waals surface area contributed by atoms with E-state index in [1.54, 1.807) is 14.7 Å². The first-order valence-corrected chi connectivity index (χ1v) is 17.4. The van der Waals surface area contributed by atoms with Gasteiger partial charge in [0.25, 0.3) is 0 Å². The van der Waals surface area contributed by atoms with Crippen molar-refractivity contribution in [3.8, 4) is 0 Å². The number of nitrogens with zero attached hydrogens (tertiary/aromatic N) is 4. The van der Waals surface area contributed by atoms with E-state index in [1.807, 2.05) is 4.90 Å². The van der Waals surface area contributed by atoms with Crippen LogP contribution in [0.4, 0.5) is 0 Å².